The molecule has 2 aromatic carbocycles. The maximum atomic E-state index is 4.88. The van der Waals surface area contributed by atoms with Gasteiger partial charge in [0.25, 0.3) is 0 Å². The second-order valence-electron chi connectivity index (χ2n) is 8.46. The lowest BCUT2D eigenvalue weighted by Crippen LogP contribution is -2.38. The summed E-state index contributed by atoms with van der Waals surface area (Å²) in [6.45, 7) is 9.27. The summed E-state index contributed by atoms with van der Waals surface area (Å²) in [7, 11) is 0. The summed E-state index contributed by atoms with van der Waals surface area (Å²) in [6, 6.07) is 18.5. The van der Waals surface area contributed by atoms with Gasteiger partial charge in [0, 0.05) is 28.7 Å². The Morgan fingerprint density at radius 3 is 2.39 bits per heavy atom. The van der Waals surface area contributed by atoms with Crippen LogP contribution in [0.2, 0.25) is 0 Å². The maximum absolute atomic E-state index is 4.88. The lowest BCUT2D eigenvalue weighted by atomic mass is 10.0. The number of hydrogen-bond acceptors (Lipinski definition) is 6. The first-order chi connectivity index (χ1) is 14.9. The first kappa shape index (κ1) is 20.5. The smallest absolute Gasteiger partial charge is 0.229 e. The van der Waals surface area contributed by atoms with Gasteiger partial charge < -0.3 is 10.2 Å². The van der Waals surface area contributed by atoms with Crippen molar-refractivity contribution in [3.05, 3.63) is 84.6 Å². The largest absolute Gasteiger partial charge is 0.324 e. The second kappa shape index (κ2) is 8.55. The van der Waals surface area contributed by atoms with Crippen molar-refractivity contribution in [2.45, 2.75) is 39.8 Å². The number of nitrogens with one attached hydrogen (secondary N) is 1. The Bertz CT molecular complexity index is 1120. The predicted molar refractivity (Wildman–Crippen MR) is 124 cm³/mol. The van der Waals surface area contributed by atoms with E-state index in [2.05, 4.69) is 70.3 Å². The van der Waals surface area contributed by atoms with Gasteiger partial charge in [-0.25, -0.2) is 14.6 Å². The molecule has 0 saturated carbocycles. The van der Waals surface area contributed by atoms with Crippen molar-refractivity contribution >= 4 is 23.1 Å². The zero-order chi connectivity index (χ0) is 21.8. The molecule has 0 bridgehead atoms. The summed E-state index contributed by atoms with van der Waals surface area (Å²) in [5.41, 5.74) is 4.04. The Kier molecular flexibility index (Phi) is 5.66. The van der Waals surface area contributed by atoms with Crippen molar-refractivity contribution in [1.82, 2.24) is 24.7 Å². The average Bonchev–Trinajstić information content (AvgIpc) is 3.25. The minimum absolute atomic E-state index is 0.152. The van der Waals surface area contributed by atoms with Crippen LogP contribution in [0.25, 0.3) is 0 Å². The summed E-state index contributed by atoms with van der Waals surface area (Å²) in [5.74, 6) is 1.45. The fourth-order valence-electron chi connectivity index (χ4n) is 3.45. The molecule has 0 aliphatic rings. The van der Waals surface area contributed by atoms with E-state index in [1.165, 1.54) is 0 Å². The molecule has 2 aromatic heterocycles. The van der Waals surface area contributed by atoms with E-state index < -0.39 is 0 Å². The molecule has 1 N–H and O–H groups in total. The second-order valence-corrected chi connectivity index (χ2v) is 8.46. The zero-order valence-corrected chi connectivity index (χ0v) is 18.3. The lowest BCUT2D eigenvalue weighted by molar-refractivity contribution is 0.554. The fourth-order valence-corrected chi connectivity index (χ4v) is 3.45. The molecule has 31 heavy (non-hydrogen) atoms. The van der Waals surface area contributed by atoms with E-state index in [1.807, 2.05) is 43.5 Å². The van der Waals surface area contributed by atoms with Crippen LogP contribution in [0.15, 0.2) is 73.4 Å². The minimum Gasteiger partial charge on any atom is -0.324 e. The first-order valence-corrected chi connectivity index (χ1v) is 10.3. The highest BCUT2D eigenvalue weighted by atomic mass is 15.3. The van der Waals surface area contributed by atoms with Crippen LogP contribution >= 0.6 is 0 Å². The summed E-state index contributed by atoms with van der Waals surface area (Å²) in [6.07, 6.45) is 5.12. The van der Waals surface area contributed by atoms with E-state index in [0.29, 0.717) is 12.5 Å². The van der Waals surface area contributed by atoms with Crippen molar-refractivity contribution < 1.29 is 0 Å². The number of nitrogens with zero attached hydrogens (tertiary/aromatic N) is 6. The molecule has 7 nitrogen and oxygen atoms in total. The number of anilines is 4. The van der Waals surface area contributed by atoms with Crippen molar-refractivity contribution in [2.75, 3.05) is 10.2 Å². The molecule has 0 aliphatic heterocycles. The fraction of sp³-hybridized carbons (Fsp3) is 0.250. The summed E-state index contributed by atoms with van der Waals surface area (Å²) < 4.78 is 1.79. The molecule has 0 aliphatic carbocycles. The highest BCUT2D eigenvalue weighted by Gasteiger charge is 2.26. The normalized spacial score (nSPS) is 11.4. The van der Waals surface area contributed by atoms with Gasteiger partial charge in [0.15, 0.2) is 0 Å². The SMILES string of the molecule is Cc1cnc(Nc2ccc(Cn3cncn3)cc2)nc1N(c1ccccc1)C(C)(C)C. The predicted octanol–water partition coefficient (Wildman–Crippen LogP) is 5.11. The third-order valence-electron chi connectivity index (χ3n) is 4.86. The van der Waals surface area contributed by atoms with Gasteiger partial charge in [0.1, 0.15) is 18.5 Å². The molecule has 0 spiro atoms. The third kappa shape index (κ3) is 4.88. The molecule has 0 amide bonds. The molecule has 158 valence electrons. The van der Waals surface area contributed by atoms with Crippen LogP contribution in [0.1, 0.15) is 31.9 Å². The van der Waals surface area contributed by atoms with Crippen molar-refractivity contribution in [1.29, 1.82) is 0 Å². The maximum Gasteiger partial charge on any atom is 0.229 e. The molecule has 2 heterocycles. The lowest BCUT2D eigenvalue weighted by Gasteiger charge is -2.37. The molecule has 0 radical (unpaired) electrons. The van der Waals surface area contributed by atoms with Crippen molar-refractivity contribution in [3.63, 3.8) is 0 Å². The van der Waals surface area contributed by atoms with Gasteiger partial charge in [-0.2, -0.15) is 10.1 Å². The highest BCUT2D eigenvalue weighted by Crippen LogP contribution is 2.34. The van der Waals surface area contributed by atoms with Gasteiger partial charge >= 0.3 is 0 Å². The van der Waals surface area contributed by atoms with Gasteiger partial charge in [0.05, 0.1) is 6.54 Å². The average molecular weight is 414 g/mol. The number of aryl methyl sites for hydroxylation is 1. The molecule has 0 atom stereocenters. The Labute approximate surface area is 182 Å². The Morgan fingerprint density at radius 2 is 1.74 bits per heavy atom. The van der Waals surface area contributed by atoms with Gasteiger partial charge in [-0.1, -0.05) is 30.3 Å². The molecule has 4 rings (SSSR count). The molecule has 0 unspecified atom stereocenters. The van der Waals surface area contributed by atoms with Crippen LogP contribution in [0.4, 0.5) is 23.1 Å². The molecule has 0 fully saturated rings. The van der Waals surface area contributed by atoms with E-state index in [0.717, 1.165) is 28.3 Å². The number of rotatable bonds is 6. The molecular formula is C24H27N7. The molecule has 4 aromatic rings. The monoisotopic (exact) mass is 413 g/mol. The van der Waals surface area contributed by atoms with Gasteiger partial charge in [-0.15, -0.1) is 0 Å². The van der Waals surface area contributed by atoms with Gasteiger partial charge in [0.2, 0.25) is 5.95 Å². The van der Waals surface area contributed by atoms with Crippen molar-refractivity contribution in [3.8, 4) is 0 Å². The zero-order valence-electron chi connectivity index (χ0n) is 18.3. The third-order valence-corrected chi connectivity index (χ3v) is 4.86. The molecule has 7 heteroatoms. The van der Waals surface area contributed by atoms with E-state index in [9.17, 15) is 0 Å². The summed E-state index contributed by atoms with van der Waals surface area (Å²) in [5, 5.41) is 7.48. The van der Waals surface area contributed by atoms with Crippen molar-refractivity contribution in [2.24, 2.45) is 0 Å². The number of benzene rings is 2. The summed E-state index contributed by atoms with van der Waals surface area (Å²) in [4.78, 5) is 15.6. The van der Waals surface area contributed by atoms with Crippen LogP contribution in [0.5, 0.6) is 0 Å². The summed E-state index contributed by atoms with van der Waals surface area (Å²) >= 11 is 0. The molecule has 0 saturated heterocycles. The van der Waals surface area contributed by atoms with E-state index in [-0.39, 0.29) is 5.54 Å². The number of hydrogen-bond donors (Lipinski definition) is 1. The van der Waals surface area contributed by atoms with Crippen LogP contribution < -0.4 is 10.2 Å². The highest BCUT2D eigenvalue weighted by molar-refractivity contribution is 5.66. The Hall–Kier alpha value is -3.74. The Morgan fingerprint density at radius 1 is 1.00 bits per heavy atom. The Balaban J connectivity index is 1.58. The quantitative estimate of drug-likeness (QED) is 0.474. The number of aromatic nitrogens is 5. The minimum atomic E-state index is -0.152. The van der Waals surface area contributed by atoms with Crippen LogP contribution in [-0.4, -0.2) is 30.3 Å². The van der Waals surface area contributed by atoms with Gasteiger partial charge in [-0.3, -0.25) is 0 Å². The molecular weight excluding hydrogens is 386 g/mol. The van der Waals surface area contributed by atoms with E-state index >= 15 is 0 Å². The standard InChI is InChI=1S/C24H27N7/c1-18-14-26-23(28-20-12-10-19(11-13-20)15-30-17-25-16-27-30)29-22(18)31(24(2,3)4)21-8-6-5-7-9-21/h5-14,16-17H,15H2,1-4H3,(H,26,28,29). The van der Waals surface area contributed by atoms with E-state index in [4.69, 9.17) is 4.98 Å². The number of para-hydroxylation sites is 1. The first-order valence-electron chi connectivity index (χ1n) is 10.3. The topological polar surface area (TPSA) is 71.8 Å². The van der Waals surface area contributed by atoms with Crippen LogP contribution in [0, 0.1) is 6.92 Å². The van der Waals surface area contributed by atoms with Gasteiger partial charge in [-0.05, 0) is 57.5 Å². The van der Waals surface area contributed by atoms with E-state index in [1.54, 1.807) is 17.3 Å². The van der Waals surface area contributed by atoms with Crippen LogP contribution in [0.3, 0.4) is 0 Å². The van der Waals surface area contributed by atoms with Crippen LogP contribution in [-0.2, 0) is 6.54 Å².